The highest BCUT2D eigenvalue weighted by Crippen LogP contribution is 2.27. The molecule has 0 aliphatic carbocycles. The molecule has 1 N–H and O–H groups in total. The molecule has 0 aliphatic heterocycles. The van der Waals surface area contributed by atoms with Gasteiger partial charge in [-0.05, 0) is 51.1 Å². The molecule has 32 heavy (non-hydrogen) atoms. The number of carbonyl (C=O) groups is 1. The predicted molar refractivity (Wildman–Crippen MR) is 130 cm³/mol. The van der Waals surface area contributed by atoms with Gasteiger partial charge in [-0.15, -0.1) is 10.2 Å². The maximum absolute atomic E-state index is 12.6. The van der Waals surface area contributed by atoms with Crippen LogP contribution >= 0.6 is 11.8 Å². The Labute approximate surface area is 194 Å². The Balaban J connectivity index is 1.64. The summed E-state index contributed by atoms with van der Waals surface area (Å²) in [6.07, 6.45) is 0. The van der Waals surface area contributed by atoms with Gasteiger partial charge in [0.15, 0.2) is 11.0 Å². The van der Waals surface area contributed by atoms with Crippen LogP contribution < -0.4 is 15.0 Å². The number of aromatic nitrogens is 3. The van der Waals surface area contributed by atoms with Gasteiger partial charge in [-0.2, -0.15) is 0 Å². The quantitative estimate of drug-likeness (QED) is 0.465. The van der Waals surface area contributed by atoms with Crippen LogP contribution in [0.25, 0.3) is 11.4 Å². The fraction of sp³-hybridized carbons (Fsp3) is 0.375. The van der Waals surface area contributed by atoms with Gasteiger partial charge in [0.2, 0.25) is 5.91 Å². The third kappa shape index (κ3) is 5.43. The number of benzene rings is 2. The molecule has 7 nitrogen and oxygen atoms in total. The van der Waals surface area contributed by atoms with Crippen molar-refractivity contribution in [3.63, 3.8) is 0 Å². The molecule has 3 rings (SSSR count). The Morgan fingerprint density at radius 3 is 2.47 bits per heavy atom. The summed E-state index contributed by atoms with van der Waals surface area (Å²) in [5.41, 5.74) is 3.13. The van der Waals surface area contributed by atoms with Crippen LogP contribution in [-0.4, -0.2) is 46.1 Å². The Morgan fingerprint density at radius 2 is 1.81 bits per heavy atom. The summed E-state index contributed by atoms with van der Waals surface area (Å²) < 4.78 is 7.28. The minimum absolute atomic E-state index is 0.0611. The van der Waals surface area contributed by atoms with Gasteiger partial charge in [0.1, 0.15) is 5.75 Å². The molecule has 2 aromatic carbocycles. The van der Waals surface area contributed by atoms with Crippen molar-refractivity contribution in [2.45, 2.75) is 37.7 Å². The summed E-state index contributed by atoms with van der Waals surface area (Å²) in [6, 6.07) is 16.0. The molecule has 0 radical (unpaired) electrons. The molecule has 8 heteroatoms. The summed E-state index contributed by atoms with van der Waals surface area (Å²) in [5.74, 6) is 1.48. The molecule has 1 aromatic heterocycles. The number of thioether (sulfide) groups is 1. The van der Waals surface area contributed by atoms with Crippen LogP contribution in [0.15, 0.2) is 53.7 Å². The van der Waals surface area contributed by atoms with Gasteiger partial charge in [-0.3, -0.25) is 4.79 Å². The first kappa shape index (κ1) is 23.7. The first-order valence-electron chi connectivity index (χ1n) is 10.8. The lowest BCUT2D eigenvalue weighted by atomic mass is 10.2. The van der Waals surface area contributed by atoms with Crippen molar-refractivity contribution in [1.29, 1.82) is 0 Å². The Morgan fingerprint density at radius 1 is 1.12 bits per heavy atom. The number of nitrogens with one attached hydrogen (secondary N) is 1. The van der Waals surface area contributed by atoms with Crippen LogP contribution in [0, 0.1) is 0 Å². The number of para-hydroxylation sites is 1. The number of anilines is 1. The number of hydrogen-bond donors (Lipinski definition) is 1. The topological polar surface area (TPSA) is 72.3 Å². The zero-order valence-electron chi connectivity index (χ0n) is 19.3. The summed E-state index contributed by atoms with van der Waals surface area (Å²) in [4.78, 5) is 14.9. The highest BCUT2D eigenvalue weighted by Gasteiger charge is 2.19. The predicted octanol–water partition coefficient (Wildman–Crippen LogP) is 4.13. The zero-order valence-corrected chi connectivity index (χ0v) is 20.1. The van der Waals surface area contributed by atoms with E-state index in [-0.39, 0.29) is 11.2 Å². The molecule has 0 aliphatic rings. The number of ether oxygens (including phenoxy) is 1. The van der Waals surface area contributed by atoms with E-state index in [1.165, 1.54) is 17.4 Å². The van der Waals surface area contributed by atoms with Crippen molar-refractivity contribution in [3.05, 3.63) is 54.1 Å². The molecule has 0 spiro atoms. The second kappa shape index (κ2) is 11.0. The van der Waals surface area contributed by atoms with Crippen LogP contribution in [0.4, 0.5) is 5.69 Å². The lowest BCUT2D eigenvalue weighted by Gasteiger charge is -2.21. The Kier molecular flexibility index (Phi) is 8.16. The third-order valence-corrected chi connectivity index (χ3v) is 6.52. The number of amides is 1. The van der Waals surface area contributed by atoms with E-state index in [9.17, 15) is 4.79 Å². The van der Waals surface area contributed by atoms with Gasteiger partial charge in [0.25, 0.3) is 0 Å². The van der Waals surface area contributed by atoms with Crippen LogP contribution in [0.1, 0.15) is 26.3 Å². The molecule has 0 saturated heterocycles. The van der Waals surface area contributed by atoms with Crippen molar-refractivity contribution in [2.75, 3.05) is 25.1 Å². The average molecular weight is 454 g/mol. The van der Waals surface area contributed by atoms with Crippen LogP contribution in [0.2, 0.25) is 0 Å². The molecular weight excluding hydrogens is 422 g/mol. The van der Waals surface area contributed by atoms with Gasteiger partial charge in [-0.1, -0.05) is 30.0 Å². The Bertz CT molecular complexity index is 1030. The van der Waals surface area contributed by atoms with Gasteiger partial charge < -0.3 is 19.5 Å². The van der Waals surface area contributed by atoms with E-state index in [4.69, 9.17) is 4.74 Å². The molecule has 1 atom stereocenters. The SMILES string of the molecule is CCN(CC)c1ccc(-c2nnc(SC(C)C(=O)NCc3ccccc3OC)n2C)cc1. The highest BCUT2D eigenvalue weighted by molar-refractivity contribution is 8.00. The number of rotatable bonds is 10. The minimum atomic E-state index is -0.314. The monoisotopic (exact) mass is 453 g/mol. The lowest BCUT2D eigenvalue weighted by Crippen LogP contribution is -2.30. The van der Waals surface area contributed by atoms with E-state index in [0.717, 1.165) is 35.8 Å². The van der Waals surface area contributed by atoms with Crippen molar-refractivity contribution in [2.24, 2.45) is 7.05 Å². The first-order valence-corrected chi connectivity index (χ1v) is 11.7. The smallest absolute Gasteiger partial charge is 0.233 e. The lowest BCUT2D eigenvalue weighted by molar-refractivity contribution is -0.120. The molecule has 0 bridgehead atoms. The normalized spacial score (nSPS) is 11.8. The Hall–Kier alpha value is -3.00. The minimum Gasteiger partial charge on any atom is -0.496 e. The van der Waals surface area contributed by atoms with Gasteiger partial charge >= 0.3 is 0 Å². The molecule has 0 fully saturated rings. The molecule has 1 amide bonds. The maximum atomic E-state index is 12.6. The number of hydrogen-bond acceptors (Lipinski definition) is 6. The zero-order chi connectivity index (χ0) is 23.1. The average Bonchev–Trinajstić information content (AvgIpc) is 3.18. The van der Waals surface area contributed by atoms with Crippen molar-refractivity contribution < 1.29 is 9.53 Å². The van der Waals surface area contributed by atoms with Crippen LogP contribution in [-0.2, 0) is 18.4 Å². The summed E-state index contributed by atoms with van der Waals surface area (Å²) in [7, 11) is 3.55. The van der Waals surface area contributed by atoms with Crippen molar-refractivity contribution >= 4 is 23.4 Å². The number of carbonyl (C=O) groups excluding carboxylic acids is 1. The van der Waals surface area contributed by atoms with E-state index in [1.54, 1.807) is 7.11 Å². The second-order valence-corrected chi connectivity index (χ2v) is 8.68. The second-order valence-electron chi connectivity index (χ2n) is 7.37. The molecule has 1 unspecified atom stereocenters. The molecule has 170 valence electrons. The summed E-state index contributed by atoms with van der Waals surface area (Å²) >= 11 is 1.39. The maximum Gasteiger partial charge on any atom is 0.233 e. The highest BCUT2D eigenvalue weighted by atomic mass is 32.2. The van der Waals surface area contributed by atoms with Crippen molar-refractivity contribution in [3.8, 4) is 17.1 Å². The molecule has 1 heterocycles. The summed E-state index contributed by atoms with van der Waals surface area (Å²) in [5, 5.41) is 12.0. The van der Waals surface area contributed by atoms with Gasteiger partial charge in [0, 0.05) is 43.5 Å². The number of nitrogens with zero attached hydrogens (tertiary/aromatic N) is 4. The summed E-state index contributed by atoms with van der Waals surface area (Å²) in [6.45, 7) is 8.52. The van der Waals surface area contributed by atoms with Gasteiger partial charge in [-0.25, -0.2) is 0 Å². The van der Waals surface area contributed by atoms with Crippen LogP contribution in [0.3, 0.4) is 0 Å². The van der Waals surface area contributed by atoms with Gasteiger partial charge in [0.05, 0.1) is 12.4 Å². The number of methoxy groups -OCH3 is 1. The van der Waals surface area contributed by atoms with E-state index >= 15 is 0 Å². The van der Waals surface area contributed by atoms with Crippen molar-refractivity contribution in [1.82, 2.24) is 20.1 Å². The fourth-order valence-electron chi connectivity index (χ4n) is 3.47. The first-order chi connectivity index (χ1) is 15.5. The van der Waals surface area contributed by atoms with E-state index in [2.05, 4.69) is 58.5 Å². The largest absolute Gasteiger partial charge is 0.496 e. The van der Waals surface area contributed by atoms with E-state index in [1.807, 2.05) is 42.8 Å². The fourth-order valence-corrected chi connectivity index (χ4v) is 4.30. The molecular formula is C24H31N5O2S. The third-order valence-electron chi connectivity index (χ3n) is 5.39. The van der Waals surface area contributed by atoms with Crippen LogP contribution in [0.5, 0.6) is 5.75 Å². The van der Waals surface area contributed by atoms with E-state index < -0.39 is 0 Å². The van der Waals surface area contributed by atoms with E-state index in [0.29, 0.717) is 11.7 Å². The molecule has 0 saturated carbocycles. The standard InChI is InChI=1S/C24H31N5O2S/c1-6-29(7-2)20-14-12-18(13-15-20)22-26-27-24(28(22)4)32-17(3)23(30)25-16-19-10-8-9-11-21(19)31-5/h8-15,17H,6-7,16H2,1-5H3,(H,25,30). The molecule has 3 aromatic rings.